The first-order valence-electron chi connectivity index (χ1n) is 7.89. The smallest absolute Gasteiger partial charge is 0.330 e. The van der Waals surface area contributed by atoms with E-state index in [1.165, 1.54) is 20.3 Å². The molecule has 9 heteroatoms. The molecule has 1 aromatic rings. The van der Waals surface area contributed by atoms with Crippen molar-refractivity contribution in [1.29, 1.82) is 0 Å². The summed E-state index contributed by atoms with van der Waals surface area (Å²) >= 11 is 0. The lowest BCUT2D eigenvalue weighted by molar-refractivity contribution is -0.134. The third-order valence-corrected chi connectivity index (χ3v) is 5.52. The van der Waals surface area contributed by atoms with Crippen LogP contribution in [0.25, 0.3) is 6.08 Å². The molecule has 0 aromatic heterocycles. The number of hydrogen-bond donors (Lipinski definition) is 1. The highest BCUT2D eigenvalue weighted by Crippen LogP contribution is 2.28. The van der Waals surface area contributed by atoms with Gasteiger partial charge < -0.3 is 19.5 Å². The summed E-state index contributed by atoms with van der Waals surface area (Å²) in [5.41, 5.74) is 0.695. The van der Waals surface area contributed by atoms with E-state index < -0.39 is 21.7 Å². The van der Waals surface area contributed by atoms with Crippen LogP contribution in [-0.4, -0.2) is 58.7 Å². The fraction of sp³-hybridized carbons (Fsp3) is 0.412. The molecule has 1 fully saturated rings. The predicted octanol–water partition coefficient (Wildman–Crippen LogP) is 0.564. The van der Waals surface area contributed by atoms with E-state index in [4.69, 9.17) is 9.47 Å². The van der Waals surface area contributed by atoms with E-state index in [1.807, 2.05) is 0 Å². The molecular formula is C17H21NO7S. The van der Waals surface area contributed by atoms with Crippen molar-refractivity contribution in [2.45, 2.75) is 12.5 Å². The molecule has 0 spiro atoms. The average Bonchev–Trinajstić information content (AvgIpc) is 2.96. The van der Waals surface area contributed by atoms with Crippen LogP contribution in [0.15, 0.2) is 24.3 Å². The first-order chi connectivity index (χ1) is 12.3. The summed E-state index contributed by atoms with van der Waals surface area (Å²) in [7, 11) is -0.306. The fourth-order valence-electron chi connectivity index (χ4n) is 2.46. The number of ether oxygens (including phenoxy) is 3. The molecule has 0 saturated carbocycles. The molecule has 1 aromatic carbocycles. The summed E-state index contributed by atoms with van der Waals surface area (Å²) in [4.78, 5) is 23.0. The maximum absolute atomic E-state index is 11.9. The van der Waals surface area contributed by atoms with Crippen molar-refractivity contribution in [3.63, 3.8) is 0 Å². The highest BCUT2D eigenvalue weighted by atomic mass is 32.2. The number of methoxy groups -OCH3 is 2. The summed E-state index contributed by atoms with van der Waals surface area (Å²) < 4.78 is 38.0. The SMILES string of the molecule is COC(=O)/C=C/c1ccc(OCC(=O)N[C@H]2CCS(=O)(=O)C2)c(OC)c1. The van der Waals surface area contributed by atoms with Gasteiger partial charge in [-0.3, -0.25) is 4.79 Å². The lowest BCUT2D eigenvalue weighted by atomic mass is 10.2. The van der Waals surface area contributed by atoms with Gasteiger partial charge in [0.2, 0.25) is 0 Å². The molecule has 8 nitrogen and oxygen atoms in total. The second-order valence-electron chi connectivity index (χ2n) is 5.72. The Labute approximate surface area is 152 Å². The molecule has 0 radical (unpaired) electrons. The molecule has 0 unspecified atom stereocenters. The van der Waals surface area contributed by atoms with Crippen molar-refractivity contribution in [3.8, 4) is 11.5 Å². The second-order valence-corrected chi connectivity index (χ2v) is 7.95. The number of rotatable bonds is 7. The van der Waals surface area contributed by atoms with Crippen LogP contribution in [0.5, 0.6) is 11.5 Å². The number of sulfone groups is 1. The van der Waals surface area contributed by atoms with Gasteiger partial charge in [-0.25, -0.2) is 13.2 Å². The van der Waals surface area contributed by atoms with Gasteiger partial charge in [0.1, 0.15) is 0 Å². The van der Waals surface area contributed by atoms with Crippen LogP contribution < -0.4 is 14.8 Å². The van der Waals surface area contributed by atoms with Crippen LogP contribution >= 0.6 is 0 Å². The summed E-state index contributed by atoms with van der Waals surface area (Å²) in [5, 5.41) is 2.65. The number of carbonyl (C=O) groups is 2. The first kappa shape index (κ1) is 19.8. The molecule has 1 aliphatic heterocycles. The van der Waals surface area contributed by atoms with Gasteiger partial charge in [-0.2, -0.15) is 0 Å². The van der Waals surface area contributed by atoms with E-state index in [9.17, 15) is 18.0 Å². The van der Waals surface area contributed by atoms with E-state index in [0.717, 1.165) is 0 Å². The van der Waals surface area contributed by atoms with E-state index in [2.05, 4.69) is 10.1 Å². The normalized spacial score (nSPS) is 18.5. The summed E-state index contributed by atoms with van der Waals surface area (Å²) in [6.07, 6.45) is 3.25. The molecule has 1 amide bonds. The zero-order valence-electron chi connectivity index (χ0n) is 14.6. The van der Waals surface area contributed by atoms with Crippen molar-refractivity contribution >= 4 is 27.8 Å². The van der Waals surface area contributed by atoms with Crippen LogP contribution in [0.2, 0.25) is 0 Å². The topological polar surface area (TPSA) is 108 Å². The lowest BCUT2D eigenvalue weighted by Gasteiger charge is -2.13. The Morgan fingerprint density at radius 1 is 1.27 bits per heavy atom. The average molecular weight is 383 g/mol. The third kappa shape index (κ3) is 5.76. The van der Waals surface area contributed by atoms with E-state index in [0.29, 0.717) is 23.5 Å². The molecule has 1 N–H and O–H groups in total. The molecule has 26 heavy (non-hydrogen) atoms. The van der Waals surface area contributed by atoms with Crippen LogP contribution in [0.4, 0.5) is 0 Å². The standard InChI is InChI=1S/C17H21NO7S/c1-23-15-9-12(4-6-17(20)24-2)3-5-14(15)25-10-16(19)18-13-7-8-26(21,22)11-13/h3-6,9,13H,7-8,10-11H2,1-2H3,(H,18,19)/b6-4+/t13-/m0/s1. The van der Waals surface area contributed by atoms with Crippen LogP contribution in [0.3, 0.4) is 0 Å². The number of benzene rings is 1. The molecule has 1 saturated heterocycles. The van der Waals surface area contributed by atoms with Gasteiger partial charge in [0.05, 0.1) is 25.7 Å². The van der Waals surface area contributed by atoms with Gasteiger partial charge in [-0.1, -0.05) is 6.07 Å². The van der Waals surface area contributed by atoms with Gasteiger partial charge in [-0.05, 0) is 30.2 Å². The Morgan fingerprint density at radius 2 is 2.04 bits per heavy atom. The van der Waals surface area contributed by atoms with Crippen molar-refractivity contribution in [1.82, 2.24) is 5.32 Å². The maximum atomic E-state index is 11.9. The molecule has 142 valence electrons. The largest absolute Gasteiger partial charge is 0.493 e. The zero-order chi connectivity index (χ0) is 19.2. The fourth-order valence-corrected chi connectivity index (χ4v) is 4.13. The predicted molar refractivity (Wildman–Crippen MR) is 94.7 cm³/mol. The Kier molecular flexibility index (Phi) is 6.62. The zero-order valence-corrected chi connectivity index (χ0v) is 15.4. The van der Waals surface area contributed by atoms with Crippen LogP contribution in [-0.2, 0) is 24.2 Å². The Balaban J connectivity index is 1.93. The molecule has 1 heterocycles. The molecule has 0 aliphatic carbocycles. The van der Waals surface area contributed by atoms with E-state index in [-0.39, 0.29) is 24.2 Å². The first-order valence-corrected chi connectivity index (χ1v) is 9.72. The summed E-state index contributed by atoms with van der Waals surface area (Å²) in [5.74, 6) is -0.0694. The van der Waals surface area contributed by atoms with Crippen molar-refractivity contribution in [2.75, 3.05) is 32.3 Å². The lowest BCUT2D eigenvalue weighted by Crippen LogP contribution is -2.38. The number of nitrogens with one attached hydrogen (secondary N) is 1. The van der Waals surface area contributed by atoms with Gasteiger partial charge in [0.15, 0.2) is 27.9 Å². The molecular weight excluding hydrogens is 362 g/mol. The number of esters is 1. The van der Waals surface area contributed by atoms with Crippen molar-refractivity contribution < 1.29 is 32.2 Å². The molecule has 1 aliphatic rings. The van der Waals surface area contributed by atoms with E-state index >= 15 is 0 Å². The van der Waals surface area contributed by atoms with Crippen LogP contribution in [0.1, 0.15) is 12.0 Å². The molecule has 0 bridgehead atoms. The summed E-state index contributed by atoms with van der Waals surface area (Å²) in [6, 6.07) is 4.58. The minimum absolute atomic E-state index is 0.0384. The third-order valence-electron chi connectivity index (χ3n) is 3.76. The number of carbonyl (C=O) groups excluding carboxylic acids is 2. The minimum atomic E-state index is -3.05. The van der Waals surface area contributed by atoms with Crippen molar-refractivity contribution in [3.05, 3.63) is 29.8 Å². The van der Waals surface area contributed by atoms with Gasteiger partial charge in [0.25, 0.3) is 5.91 Å². The second kappa shape index (κ2) is 8.70. The molecule has 1 atom stereocenters. The highest BCUT2D eigenvalue weighted by molar-refractivity contribution is 7.91. The van der Waals surface area contributed by atoms with Crippen LogP contribution in [0, 0.1) is 0 Å². The van der Waals surface area contributed by atoms with E-state index in [1.54, 1.807) is 24.3 Å². The number of hydrogen-bond acceptors (Lipinski definition) is 7. The Hall–Kier alpha value is -2.55. The Morgan fingerprint density at radius 3 is 2.65 bits per heavy atom. The maximum Gasteiger partial charge on any atom is 0.330 e. The van der Waals surface area contributed by atoms with Gasteiger partial charge >= 0.3 is 5.97 Å². The highest BCUT2D eigenvalue weighted by Gasteiger charge is 2.28. The number of amides is 1. The summed E-state index contributed by atoms with van der Waals surface area (Å²) in [6.45, 7) is -0.260. The molecule has 2 rings (SSSR count). The van der Waals surface area contributed by atoms with Gasteiger partial charge in [-0.15, -0.1) is 0 Å². The Bertz CT molecular complexity index is 801. The minimum Gasteiger partial charge on any atom is -0.493 e. The van der Waals surface area contributed by atoms with Gasteiger partial charge in [0, 0.05) is 12.1 Å². The quantitative estimate of drug-likeness (QED) is 0.541. The van der Waals surface area contributed by atoms with Crippen molar-refractivity contribution in [2.24, 2.45) is 0 Å². The monoisotopic (exact) mass is 383 g/mol.